The highest BCUT2D eigenvalue weighted by molar-refractivity contribution is 5.48. The molecule has 0 aromatic heterocycles. The van der Waals surface area contributed by atoms with E-state index in [-0.39, 0.29) is 11.5 Å². The van der Waals surface area contributed by atoms with E-state index in [4.69, 9.17) is 0 Å². The fourth-order valence-electron chi connectivity index (χ4n) is 1.72. The summed E-state index contributed by atoms with van der Waals surface area (Å²) >= 11 is 0. The minimum absolute atomic E-state index is 0.0585. The van der Waals surface area contributed by atoms with Crippen LogP contribution in [0.3, 0.4) is 0 Å². The van der Waals surface area contributed by atoms with Gasteiger partial charge in [0.1, 0.15) is 5.82 Å². The third-order valence-corrected chi connectivity index (χ3v) is 2.80. The summed E-state index contributed by atoms with van der Waals surface area (Å²) in [5, 5.41) is 13.6. The predicted octanol–water partition coefficient (Wildman–Crippen LogP) is 3.65. The molecule has 0 spiro atoms. The van der Waals surface area contributed by atoms with Gasteiger partial charge in [-0.3, -0.25) is 10.1 Å². The number of non-ortho nitro benzene ring substituents is 1. The van der Waals surface area contributed by atoms with Gasteiger partial charge in [-0.25, -0.2) is 4.39 Å². The Kier molecular flexibility index (Phi) is 3.75. The molecule has 0 saturated carbocycles. The van der Waals surface area contributed by atoms with Crippen molar-refractivity contribution < 1.29 is 9.31 Å². The van der Waals surface area contributed by atoms with Crippen molar-refractivity contribution in [1.82, 2.24) is 0 Å². The summed E-state index contributed by atoms with van der Waals surface area (Å²) in [6, 6.07) is 11.1. The van der Waals surface area contributed by atoms with Crippen LogP contribution in [-0.4, -0.2) is 4.92 Å². The Labute approximate surface area is 110 Å². The number of nitrogens with one attached hydrogen (secondary N) is 1. The van der Waals surface area contributed by atoms with Gasteiger partial charge in [0.15, 0.2) is 0 Å². The molecule has 0 fully saturated rings. The first kappa shape index (κ1) is 13.0. The molecule has 0 saturated heterocycles. The number of nitro groups is 1. The van der Waals surface area contributed by atoms with E-state index < -0.39 is 4.92 Å². The lowest BCUT2D eigenvalue weighted by molar-refractivity contribution is -0.384. The topological polar surface area (TPSA) is 55.2 Å². The first-order valence-electron chi connectivity index (χ1n) is 5.79. The molecule has 2 rings (SSSR count). The lowest BCUT2D eigenvalue weighted by Gasteiger charge is -2.07. The average Bonchev–Trinajstić information content (AvgIpc) is 2.40. The molecule has 98 valence electrons. The molecule has 0 aliphatic carbocycles. The van der Waals surface area contributed by atoms with Crippen molar-refractivity contribution in [3.8, 4) is 0 Å². The van der Waals surface area contributed by atoms with Crippen LogP contribution in [0.2, 0.25) is 0 Å². The summed E-state index contributed by atoms with van der Waals surface area (Å²) in [5.74, 6) is -0.223. The van der Waals surface area contributed by atoms with Gasteiger partial charge in [-0.05, 0) is 36.2 Å². The van der Waals surface area contributed by atoms with E-state index in [0.29, 0.717) is 12.1 Å². The monoisotopic (exact) mass is 260 g/mol. The predicted molar refractivity (Wildman–Crippen MR) is 71.6 cm³/mol. The third-order valence-electron chi connectivity index (χ3n) is 2.80. The van der Waals surface area contributed by atoms with Crippen LogP contribution in [0.4, 0.5) is 15.8 Å². The first-order chi connectivity index (χ1) is 9.06. The van der Waals surface area contributed by atoms with Crippen LogP contribution in [0.1, 0.15) is 11.1 Å². The van der Waals surface area contributed by atoms with Gasteiger partial charge < -0.3 is 5.32 Å². The average molecular weight is 260 g/mol. The van der Waals surface area contributed by atoms with E-state index in [2.05, 4.69) is 5.32 Å². The number of halogens is 1. The maximum absolute atomic E-state index is 13.1. The Morgan fingerprint density at radius 1 is 1.21 bits per heavy atom. The molecule has 2 aromatic rings. The number of anilines is 1. The Morgan fingerprint density at radius 3 is 2.47 bits per heavy atom. The number of hydrogen-bond acceptors (Lipinski definition) is 3. The number of aryl methyl sites for hydroxylation is 1. The minimum Gasteiger partial charge on any atom is -0.381 e. The van der Waals surface area contributed by atoms with Crippen molar-refractivity contribution in [1.29, 1.82) is 0 Å². The second kappa shape index (κ2) is 5.48. The quantitative estimate of drug-likeness (QED) is 0.674. The van der Waals surface area contributed by atoms with E-state index in [1.54, 1.807) is 31.2 Å². The van der Waals surface area contributed by atoms with Gasteiger partial charge in [0.2, 0.25) is 0 Å². The molecule has 0 unspecified atom stereocenters. The highest BCUT2D eigenvalue weighted by Gasteiger charge is 2.04. The minimum atomic E-state index is -0.437. The number of nitrogens with zero attached hydrogens (tertiary/aromatic N) is 1. The third kappa shape index (κ3) is 3.28. The van der Waals surface area contributed by atoms with Crippen molar-refractivity contribution in [3.63, 3.8) is 0 Å². The van der Waals surface area contributed by atoms with Crippen molar-refractivity contribution in [2.24, 2.45) is 0 Å². The van der Waals surface area contributed by atoms with Crippen LogP contribution in [0.15, 0.2) is 42.5 Å². The Morgan fingerprint density at radius 2 is 1.89 bits per heavy atom. The van der Waals surface area contributed by atoms with E-state index in [1.165, 1.54) is 18.2 Å². The largest absolute Gasteiger partial charge is 0.381 e. The van der Waals surface area contributed by atoms with Crippen LogP contribution >= 0.6 is 0 Å². The van der Waals surface area contributed by atoms with E-state index in [9.17, 15) is 14.5 Å². The first-order valence-corrected chi connectivity index (χ1v) is 5.79. The van der Waals surface area contributed by atoms with Gasteiger partial charge in [-0.2, -0.15) is 0 Å². The summed E-state index contributed by atoms with van der Waals surface area (Å²) in [7, 11) is 0. The molecule has 0 amide bonds. The summed E-state index contributed by atoms with van der Waals surface area (Å²) in [6.07, 6.45) is 0. The Hall–Kier alpha value is -2.43. The summed E-state index contributed by atoms with van der Waals surface area (Å²) < 4.78 is 13.1. The molecule has 4 nitrogen and oxygen atoms in total. The van der Waals surface area contributed by atoms with Crippen LogP contribution in [0, 0.1) is 22.9 Å². The highest BCUT2D eigenvalue weighted by atomic mass is 19.1. The fraction of sp³-hybridized carbons (Fsp3) is 0.143. The molecule has 2 aromatic carbocycles. The number of nitro benzene ring substituents is 1. The van der Waals surface area contributed by atoms with Gasteiger partial charge in [0.05, 0.1) is 4.92 Å². The van der Waals surface area contributed by atoms with E-state index in [1.807, 2.05) is 0 Å². The molecule has 0 aliphatic rings. The normalized spacial score (nSPS) is 10.2. The second-order valence-electron chi connectivity index (χ2n) is 4.24. The molecule has 0 heterocycles. The van der Waals surface area contributed by atoms with Crippen molar-refractivity contribution >= 4 is 11.4 Å². The standard InChI is InChI=1S/C14H13FN2O2/c1-10-8-11(2-7-14(10)15)9-16-12-3-5-13(6-4-12)17(18)19/h2-8,16H,9H2,1H3. The van der Waals surface area contributed by atoms with Gasteiger partial charge >= 0.3 is 0 Å². The smallest absolute Gasteiger partial charge is 0.269 e. The van der Waals surface area contributed by atoms with Crippen molar-refractivity contribution in [2.45, 2.75) is 13.5 Å². The SMILES string of the molecule is Cc1cc(CNc2ccc([N+](=O)[O-])cc2)ccc1F. The Bertz CT molecular complexity index is 597. The fourth-order valence-corrected chi connectivity index (χ4v) is 1.72. The number of hydrogen-bond donors (Lipinski definition) is 1. The van der Waals surface area contributed by atoms with Crippen LogP contribution in [-0.2, 0) is 6.54 Å². The number of benzene rings is 2. The van der Waals surface area contributed by atoms with Crippen LogP contribution in [0.25, 0.3) is 0 Å². The molecule has 1 N–H and O–H groups in total. The highest BCUT2D eigenvalue weighted by Crippen LogP contribution is 2.16. The molecule has 5 heteroatoms. The second-order valence-corrected chi connectivity index (χ2v) is 4.24. The number of rotatable bonds is 4. The van der Waals surface area contributed by atoms with Gasteiger partial charge in [0, 0.05) is 24.4 Å². The van der Waals surface area contributed by atoms with E-state index in [0.717, 1.165) is 11.3 Å². The zero-order valence-corrected chi connectivity index (χ0v) is 10.4. The zero-order valence-electron chi connectivity index (χ0n) is 10.4. The lowest BCUT2D eigenvalue weighted by atomic mass is 10.1. The van der Waals surface area contributed by atoms with Crippen molar-refractivity contribution in [3.05, 3.63) is 69.5 Å². The maximum atomic E-state index is 13.1. The molecular formula is C14H13FN2O2. The molecule has 0 radical (unpaired) electrons. The molecule has 19 heavy (non-hydrogen) atoms. The summed E-state index contributed by atoms with van der Waals surface area (Å²) in [6.45, 7) is 2.25. The van der Waals surface area contributed by atoms with Crippen LogP contribution < -0.4 is 5.32 Å². The molecular weight excluding hydrogens is 247 g/mol. The van der Waals surface area contributed by atoms with Crippen LogP contribution in [0.5, 0.6) is 0 Å². The Balaban J connectivity index is 2.01. The zero-order chi connectivity index (χ0) is 13.8. The summed E-state index contributed by atoms with van der Waals surface area (Å²) in [5.41, 5.74) is 2.40. The van der Waals surface area contributed by atoms with Gasteiger partial charge in [0.25, 0.3) is 5.69 Å². The lowest BCUT2D eigenvalue weighted by Crippen LogP contribution is -2.00. The maximum Gasteiger partial charge on any atom is 0.269 e. The van der Waals surface area contributed by atoms with Crippen molar-refractivity contribution in [2.75, 3.05) is 5.32 Å². The summed E-state index contributed by atoms with van der Waals surface area (Å²) in [4.78, 5) is 10.1. The van der Waals surface area contributed by atoms with Gasteiger partial charge in [-0.15, -0.1) is 0 Å². The molecule has 0 bridgehead atoms. The molecule has 0 atom stereocenters. The van der Waals surface area contributed by atoms with E-state index >= 15 is 0 Å². The molecule has 0 aliphatic heterocycles. The van der Waals surface area contributed by atoms with Gasteiger partial charge in [-0.1, -0.05) is 12.1 Å².